The number of carbonyl (C=O) groups excluding carboxylic acids is 3. The molecule has 228 valence electrons. The summed E-state index contributed by atoms with van der Waals surface area (Å²) in [5, 5.41) is 3.76. The van der Waals surface area contributed by atoms with Crippen molar-refractivity contribution >= 4 is 52.2 Å². The Morgan fingerprint density at radius 2 is 1.69 bits per heavy atom. The van der Waals surface area contributed by atoms with Crippen LogP contribution in [0.1, 0.15) is 28.3 Å². The molecule has 8 nitrogen and oxygen atoms in total. The number of halogens is 1. The maximum atomic E-state index is 13.8. The third-order valence-corrected chi connectivity index (χ3v) is 12.4. The Hall–Kier alpha value is -4.22. The molecule has 0 radical (unpaired) electrons. The van der Waals surface area contributed by atoms with Gasteiger partial charge in [0.25, 0.3) is 5.91 Å². The van der Waals surface area contributed by atoms with Crippen LogP contribution in [0.3, 0.4) is 0 Å². The van der Waals surface area contributed by atoms with Gasteiger partial charge in [-0.05, 0) is 84.7 Å². The van der Waals surface area contributed by atoms with E-state index >= 15 is 0 Å². The number of hydrogen-bond acceptors (Lipinski definition) is 7. The van der Waals surface area contributed by atoms with Gasteiger partial charge in [-0.15, -0.1) is 11.8 Å². The first-order chi connectivity index (χ1) is 21.8. The average Bonchev–Trinajstić information content (AvgIpc) is 3.77. The molecule has 1 saturated heterocycles. The lowest BCUT2D eigenvalue weighted by molar-refractivity contribution is -0.123. The summed E-state index contributed by atoms with van der Waals surface area (Å²) in [5.74, 6) is -1.55. The van der Waals surface area contributed by atoms with Crippen LogP contribution < -0.4 is 19.8 Å². The summed E-state index contributed by atoms with van der Waals surface area (Å²) < 4.78 is 19.4. The quantitative estimate of drug-likeness (QED) is 0.266. The van der Waals surface area contributed by atoms with Gasteiger partial charge in [-0.25, -0.2) is 4.39 Å². The number of carbonyl (C=O) groups is 3. The Labute approximate surface area is 266 Å². The normalized spacial score (nSPS) is 27.7. The van der Waals surface area contributed by atoms with Gasteiger partial charge in [-0.2, -0.15) is 0 Å². The summed E-state index contributed by atoms with van der Waals surface area (Å²) in [6.07, 6.45) is 0.777. The maximum absolute atomic E-state index is 13.8. The predicted octanol–water partition coefficient (Wildman–Crippen LogP) is 5.58. The maximum Gasteiger partial charge on any atom is 0.305 e. The Kier molecular flexibility index (Phi) is 6.72. The Bertz CT molecular complexity index is 1910. The number of nitrogens with one attached hydrogen (secondary N) is 2. The van der Waals surface area contributed by atoms with E-state index in [2.05, 4.69) is 10.3 Å². The molecule has 1 aromatic heterocycles. The van der Waals surface area contributed by atoms with Crippen molar-refractivity contribution in [1.82, 2.24) is 4.98 Å². The van der Waals surface area contributed by atoms with Crippen LogP contribution in [0.4, 0.5) is 15.8 Å². The van der Waals surface area contributed by atoms with Crippen molar-refractivity contribution in [3.63, 3.8) is 0 Å². The molecular weight excluding hydrogens is 614 g/mol. The van der Waals surface area contributed by atoms with Crippen molar-refractivity contribution in [2.75, 3.05) is 16.8 Å². The number of aryl methyl sites for hydroxylation is 1. The van der Waals surface area contributed by atoms with E-state index in [0.29, 0.717) is 11.4 Å². The third-order valence-electron chi connectivity index (χ3n) is 9.84. The van der Waals surface area contributed by atoms with Crippen LogP contribution in [-0.4, -0.2) is 34.6 Å². The standard InChI is InChI=1S/C34H28FN3O5S2/c1-16-4-2-3-5-23(16)36-24(39)15-43-20-12-6-17(7-13-20)25-26-21-14-22(29(26)44-31-30(25)45-34(42)37-31)28-27(21)32(40)38(33(28)41)19-10-8-18(35)9-11-19/h2-13,21-22,25-29H,14-15H2,1H3,(H,36,39)(H,37,42)/t21?,22?,25-,26?,27?,28?,29?/m1/s1. The van der Waals surface area contributed by atoms with E-state index < -0.39 is 17.7 Å². The second kappa shape index (κ2) is 10.7. The molecule has 3 heterocycles. The Balaban J connectivity index is 1.06. The highest BCUT2D eigenvalue weighted by Gasteiger charge is 2.69. The number of aromatic nitrogens is 1. The average molecular weight is 642 g/mol. The second-order valence-corrected chi connectivity index (χ2v) is 14.4. The zero-order valence-corrected chi connectivity index (χ0v) is 25.7. The van der Waals surface area contributed by atoms with Crippen molar-refractivity contribution < 1.29 is 23.5 Å². The number of aromatic amines is 1. The van der Waals surface area contributed by atoms with Gasteiger partial charge in [0.2, 0.25) is 11.8 Å². The topological polar surface area (TPSA) is 109 Å². The number of ether oxygens (including phenoxy) is 1. The van der Waals surface area contributed by atoms with E-state index in [4.69, 9.17) is 4.74 Å². The lowest BCUT2D eigenvalue weighted by atomic mass is 9.68. The Morgan fingerprint density at radius 3 is 2.42 bits per heavy atom. The number of thioether (sulfide) groups is 1. The minimum atomic E-state index is -0.441. The molecule has 4 aliphatic rings. The van der Waals surface area contributed by atoms with Crippen LogP contribution in [0.5, 0.6) is 5.75 Å². The number of amides is 3. The highest BCUT2D eigenvalue weighted by atomic mass is 32.2. The van der Waals surface area contributed by atoms with E-state index in [1.165, 1.54) is 40.5 Å². The monoisotopic (exact) mass is 641 g/mol. The van der Waals surface area contributed by atoms with Crippen LogP contribution in [0, 0.1) is 42.3 Å². The third kappa shape index (κ3) is 4.54. The number of fused-ring (bicyclic) bond motifs is 9. The summed E-state index contributed by atoms with van der Waals surface area (Å²) in [4.78, 5) is 57.7. The smallest absolute Gasteiger partial charge is 0.305 e. The zero-order chi connectivity index (χ0) is 31.0. The first-order valence-electron chi connectivity index (χ1n) is 14.9. The van der Waals surface area contributed by atoms with Gasteiger partial charge >= 0.3 is 4.87 Å². The van der Waals surface area contributed by atoms with Crippen molar-refractivity contribution in [1.29, 1.82) is 0 Å². The fourth-order valence-corrected chi connectivity index (χ4v) is 10.9. The van der Waals surface area contributed by atoms with Crippen molar-refractivity contribution in [3.8, 4) is 5.75 Å². The minimum absolute atomic E-state index is 0.00896. The van der Waals surface area contributed by atoms with E-state index in [1.807, 2.05) is 55.5 Å². The van der Waals surface area contributed by atoms with Gasteiger partial charge in [0.1, 0.15) is 11.6 Å². The number of imide groups is 1. The van der Waals surface area contributed by atoms with Gasteiger partial charge in [0, 0.05) is 21.7 Å². The molecule has 3 fully saturated rings. The van der Waals surface area contributed by atoms with Crippen LogP contribution in [0.25, 0.3) is 0 Å². The number of H-pyrrole nitrogens is 1. The molecule has 8 rings (SSSR count). The molecule has 3 aromatic carbocycles. The summed E-state index contributed by atoms with van der Waals surface area (Å²) in [5.41, 5.74) is 3.10. The Morgan fingerprint density at radius 1 is 0.978 bits per heavy atom. The van der Waals surface area contributed by atoms with E-state index in [9.17, 15) is 23.6 Å². The molecule has 2 aliphatic carbocycles. The molecule has 11 heteroatoms. The number of hydrogen-bond donors (Lipinski definition) is 2. The lowest BCUT2D eigenvalue weighted by Gasteiger charge is -2.43. The van der Waals surface area contributed by atoms with Gasteiger partial charge in [0.15, 0.2) is 6.61 Å². The molecule has 3 amide bonds. The van der Waals surface area contributed by atoms with Crippen molar-refractivity contribution in [2.45, 2.75) is 29.5 Å². The van der Waals surface area contributed by atoms with Gasteiger partial charge in [-0.3, -0.25) is 24.1 Å². The number of para-hydroxylation sites is 1. The molecule has 7 atom stereocenters. The highest BCUT2D eigenvalue weighted by Crippen LogP contribution is 2.68. The number of nitrogens with zero attached hydrogens (tertiary/aromatic N) is 1. The predicted molar refractivity (Wildman–Crippen MR) is 169 cm³/mol. The minimum Gasteiger partial charge on any atom is -0.484 e. The van der Waals surface area contributed by atoms with Gasteiger partial charge in [-0.1, -0.05) is 41.7 Å². The van der Waals surface area contributed by atoms with Crippen LogP contribution in [-0.2, 0) is 14.4 Å². The SMILES string of the molecule is Cc1ccccc1NC(=O)COc1ccc([C@H]2c3sc(=O)[nH]c3SC3C4CC(C5C(=O)N(c6ccc(F)cc6)C(=O)C45)C32)cc1. The van der Waals surface area contributed by atoms with E-state index in [0.717, 1.165) is 33.1 Å². The van der Waals surface area contributed by atoms with Crippen molar-refractivity contribution in [2.24, 2.45) is 29.6 Å². The van der Waals surface area contributed by atoms with Crippen molar-refractivity contribution in [3.05, 3.63) is 104 Å². The van der Waals surface area contributed by atoms with Crippen LogP contribution in [0.2, 0.25) is 0 Å². The first-order valence-corrected chi connectivity index (χ1v) is 16.6. The number of anilines is 2. The van der Waals surface area contributed by atoms with Gasteiger partial charge in [0.05, 0.1) is 22.5 Å². The summed E-state index contributed by atoms with van der Waals surface area (Å²) in [7, 11) is 0. The molecule has 45 heavy (non-hydrogen) atoms. The highest BCUT2D eigenvalue weighted by molar-refractivity contribution is 8.00. The largest absolute Gasteiger partial charge is 0.484 e. The first kappa shape index (κ1) is 28.3. The fourth-order valence-electron chi connectivity index (χ4n) is 8.05. The second-order valence-electron chi connectivity index (χ2n) is 12.2. The summed E-state index contributed by atoms with van der Waals surface area (Å²) >= 11 is 2.83. The molecular formula is C34H28FN3O5S2. The van der Waals surface area contributed by atoms with E-state index in [-0.39, 0.29) is 58.1 Å². The number of benzene rings is 3. The fraction of sp³-hybridized carbons (Fsp3) is 0.294. The summed E-state index contributed by atoms with van der Waals surface area (Å²) in [6.45, 7) is 1.78. The van der Waals surface area contributed by atoms with Crippen LogP contribution >= 0.6 is 23.1 Å². The van der Waals surface area contributed by atoms with E-state index in [1.54, 1.807) is 11.8 Å². The molecule has 0 spiro atoms. The molecule has 4 aromatic rings. The lowest BCUT2D eigenvalue weighted by Crippen LogP contribution is -2.42. The molecule has 6 unspecified atom stereocenters. The molecule has 2 aliphatic heterocycles. The molecule has 2 N–H and O–H groups in total. The number of rotatable bonds is 6. The van der Waals surface area contributed by atoms with Gasteiger partial charge < -0.3 is 15.0 Å². The number of thiazole rings is 1. The molecule has 2 bridgehead atoms. The zero-order valence-electron chi connectivity index (χ0n) is 24.1. The molecule has 2 saturated carbocycles. The summed E-state index contributed by atoms with van der Waals surface area (Å²) in [6, 6.07) is 20.6. The van der Waals surface area contributed by atoms with Crippen LogP contribution in [0.15, 0.2) is 82.6 Å².